The summed E-state index contributed by atoms with van der Waals surface area (Å²) >= 11 is 0. The standard InChI is InChI=1S/C16H13FN2O2/c17-12-6-8-13(9-7-12)18-16(20)15-10-14(19-21-15)11-4-2-1-3-5-11/h1-9,15H,10H2,(H,18,20)/t15-/m0/s1. The SMILES string of the molecule is O=C(Nc1ccc(F)cc1)[C@@H]1CC(c2ccccc2)=NO1. The molecule has 1 N–H and O–H groups in total. The lowest BCUT2D eigenvalue weighted by Gasteiger charge is -2.09. The number of nitrogens with zero attached hydrogens (tertiary/aromatic N) is 1. The maximum atomic E-state index is 12.8. The molecule has 0 fully saturated rings. The highest BCUT2D eigenvalue weighted by atomic mass is 19.1. The topological polar surface area (TPSA) is 50.7 Å². The van der Waals surface area contributed by atoms with Gasteiger partial charge in [0.25, 0.3) is 5.91 Å². The van der Waals surface area contributed by atoms with Gasteiger partial charge in [0.05, 0.1) is 5.71 Å². The molecule has 21 heavy (non-hydrogen) atoms. The predicted octanol–water partition coefficient (Wildman–Crippen LogP) is 2.96. The van der Waals surface area contributed by atoms with Crippen LogP contribution >= 0.6 is 0 Å². The number of nitrogens with one attached hydrogen (secondary N) is 1. The second kappa shape index (κ2) is 5.75. The second-order valence-corrected chi connectivity index (χ2v) is 4.70. The van der Waals surface area contributed by atoms with Crippen LogP contribution in [0.5, 0.6) is 0 Å². The fraction of sp³-hybridized carbons (Fsp3) is 0.125. The van der Waals surface area contributed by atoms with Crippen molar-refractivity contribution in [2.45, 2.75) is 12.5 Å². The van der Waals surface area contributed by atoms with Crippen molar-refractivity contribution in [3.63, 3.8) is 0 Å². The van der Waals surface area contributed by atoms with Gasteiger partial charge in [0.15, 0.2) is 0 Å². The Morgan fingerprint density at radius 1 is 1.14 bits per heavy atom. The van der Waals surface area contributed by atoms with Gasteiger partial charge in [0.2, 0.25) is 6.10 Å². The summed E-state index contributed by atoms with van der Waals surface area (Å²) < 4.78 is 12.8. The van der Waals surface area contributed by atoms with Gasteiger partial charge in [-0.05, 0) is 29.8 Å². The van der Waals surface area contributed by atoms with Crippen molar-refractivity contribution < 1.29 is 14.0 Å². The molecule has 3 rings (SSSR count). The molecular weight excluding hydrogens is 271 g/mol. The van der Waals surface area contributed by atoms with Crippen LogP contribution in [-0.2, 0) is 9.63 Å². The maximum Gasteiger partial charge on any atom is 0.268 e. The third-order valence-electron chi connectivity index (χ3n) is 3.18. The molecule has 0 saturated heterocycles. The third kappa shape index (κ3) is 3.08. The predicted molar refractivity (Wildman–Crippen MR) is 77.5 cm³/mol. The molecule has 0 unspecified atom stereocenters. The minimum absolute atomic E-state index is 0.295. The first-order valence-corrected chi connectivity index (χ1v) is 6.57. The quantitative estimate of drug-likeness (QED) is 0.942. The van der Waals surface area contributed by atoms with Gasteiger partial charge in [-0.1, -0.05) is 35.5 Å². The monoisotopic (exact) mass is 284 g/mol. The molecule has 0 spiro atoms. The van der Waals surface area contributed by atoms with Gasteiger partial charge in [0, 0.05) is 12.1 Å². The molecule has 1 atom stereocenters. The maximum absolute atomic E-state index is 12.8. The van der Waals surface area contributed by atoms with Crippen LogP contribution in [0.4, 0.5) is 10.1 Å². The average Bonchev–Trinajstić information content (AvgIpc) is 3.00. The summed E-state index contributed by atoms with van der Waals surface area (Å²) in [5, 5.41) is 6.64. The van der Waals surface area contributed by atoms with Gasteiger partial charge in [-0.2, -0.15) is 0 Å². The van der Waals surface area contributed by atoms with Crippen molar-refractivity contribution in [1.29, 1.82) is 0 Å². The van der Waals surface area contributed by atoms with E-state index in [0.717, 1.165) is 11.3 Å². The minimum atomic E-state index is -0.662. The van der Waals surface area contributed by atoms with Crippen LogP contribution in [0.2, 0.25) is 0 Å². The van der Waals surface area contributed by atoms with E-state index >= 15 is 0 Å². The summed E-state index contributed by atoms with van der Waals surface area (Å²) in [4.78, 5) is 17.3. The van der Waals surface area contributed by atoms with E-state index in [9.17, 15) is 9.18 Å². The number of halogens is 1. The van der Waals surface area contributed by atoms with Crippen molar-refractivity contribution in [2.24, 2.45) is 5.16 Å². The van der Waals surface area contributed by atoms with E-state index in [-0.39, 0.29) is 11.7 Å². The first-order valence-electron chi connectivity index (χ1n) is 6.57. The Hall–Kier alpha value is -2.69. The Balaban J connectivity index is 1.62. The highest BCUT2D eigenvalue weighted by Gasteiger charge is 2.28. The number of hydrogen-bond acceptors (Lipinski definition) is 3. The second-order valence-electron chi connectivity index (χ2n) is 4.70. The van der Waals surface area contributed by atoms with E-state index in [4.69, 9.17) is 4.84 Å². The van der Waals surface area contributed by atoms with E-state index in [1.165, 1.54) is 24.3 Å². The number of amides is 1. The summed E-state index contributed by atoms with van der Waals surface area (Å²) in [6, 6.07) is 15.1. The molecule has 1 amide bonds. The van der Waals surface area contributed by atoms with E-state index in [2.05, 4.69) is 10.5 Å². The Bertz CT molecular complexity index is 668. The third-order valence-corrected chi connectivity index (χ3v) is 3.18. The highest BCUT2D eigenvalue weighted by molar-refractivity contribution is 6.06. The van der Waals surface area contributed by atoms with Crippen LogP contribution in [0.15, 0.2) is 59.8 Å². The van der Waals surface area contributed by atoms with E-state index in [1.807, 2.05) is 30.3 Å². The molecule has 0 aliphatic carbocycles. The van der Waals surface area contributed by atoms with Crippen molar-refractivity contribution in [1.82, 2.24) is 0 Å². The smallest absolute Gasteiger partial charge is 0.268 e. The lowest BCUT2D eigenvalue weighted by Crippen LogP contribution is -2.28. The van der Waals surface area contributed by atoms with Crippen LogP contribution < -0.4 is 5.32 Å². The zero-order chi connectivity index (χ0) is 14.7. The van der Waals surface area contributed by atoms with Crippen LogP contribution in [0, 0.1) is 5.82 Å². The first kappa shape index (κ1) is 13.3. The largest absolute Gasteiger partial charge is 0.382 e. The molecule has 106 valence electrons. The van der Waals surface area contributed by atoms with E-state index < -0.39 is 6.10 Å². The summed E-state index contributed by atoms with van der Waals surface area (Å²) in [7, 11) is 0. The lowest BCUT2D eigenvalue weighted by molar-refractivity contribution is -0.125. The number of carbonyl (C=O) groups excluding carboxylic acids is 1. The van der Waals surface area contributed by atoms with Gasteiger partial charge in [-0.3, -0.25) is 4.79 Å². The summed E-state index contributed by atoms with van der Waals surface area (Å²) in [6.07, 6.45) is -0.248. The Labute approximate surface area is 121 Å². The molecule has 0 bridgehead atoms. The van der Waals surface area contributed by atoms with Gasteiger partial charge < -0.3 is 10.2 Å². The van der Waals surface area contributed by atoms with Crippen LogP contribution in [0.3, 0.4) is 0 Å². The number of benzene rings is 2. The Morgan fingerprint density at radius 2 is 1.86 bits per heavy atom. The van der Waals surface area contributed by atoms with Gasteiger partial charge in [0.1, 0.15) is 5.82 Å². The molecule has 4 nitrogen and oxygen atoms in total. The normalized spacial score (nSPS) is 17.0. The number of oxime groups is 1. The van der Waals surface area contributed by atoms with Crippen molar-refractivity contribution in [2.75, 3.05) is 5.32 Å². The fourth-order valence-electron chi connectivity index (χ4n) is 2.08. The van der Waals surface area contributed by atoms with Crippen molar-refractivity contribution in [3.05, 3.63) is 66.0 Å². The molecule has 1 heterocycles. The number of rotatable bonds is 3. The molecule has 2 aromatic rings. The zero-order valence-electron chi connectivity index (χ0n) is 11.1. The van der Waals surface area contributed by atoms with Gasteiger partial charge in [-0.25, -0.2) is 4.39 Å². The van der Waals surface area contributed by atoms with Crippen LogP contribution in [0.1, 0.15) is 12.0 Å². The number of hydrogen-bond donors (Lipinski definition) is 1. The highest BCUT2D eigenvalue weighted by Crippen LogP contribution is 2.18. The molecule has 5 heteroatoms. The average molecular weight is 284 g/mol. The summed E-state index contributed by atoms with van der Waals surface area (Å²) in [6.45, 7) is 0. The zero-order valence-corrected chi connectivity index (χ0v) is 11.1. The molecule has 0 radical (unpaired) electrons. The molecule has 0 aromatic heterocycles. The molecule has 1 aliphatic heterocycles. The van der Waals surface area contributed by atoms with Gasteiger partial charge in [-0.15, -0.1) is 0 Å². The summed E-state index contributed by atoms with van der Waals surface area (Å²) in [5.41, 5.74) is 2.21. The Kier molecular flexibility index (Phi) is 3.64. The van der Waals surface area contributed by atoms with Crippen LogP contribution in [-0.4, -0.2) is 17.7 Å². The fourth-order valence-corrected chi connectivity index (χ4v) is 2.08. The van der Waals surface area contributed by atoms with Crippen LogP contribution in [0.25, 0.3) is 0 Å². The molecule has 2 aromatic carbocycles. The van der Waals surface area contributed by atoms with Crippen molar-refractivity contribution in [3.8, 4) is 0 Å². The van der Waals surface area contributed by atoms with Crippen molar-refractivity contribution >= 4 is 17.3 Å². The molecular formula is C16H13FN2O2. The number of anilines is 1. The van der Waals surface area contributed by atoms with Gasteiger partial charge >= 0.3 is 0 Å². The molecule has 1 aliphatic rings. The Morgan fingerprint density at radius 3 is 2.57 bits per heavy atom. The van der Waals surface area contributed by atoms with E-state index in [0.29, 0.717) is 12.1 Å². The lowest BCUT2D eigenvalue weighted by atomic mass is 10.0. The summed E-state index contributed by atoms with van der Waals surface area (Å²) in [5.74, 6) is -0.642. The first-order chi connectivity index (χ1) is 10.2. The van der Waals surface area contributed by atoms with E-state index in [1.54, 1.807) is 0 Å². The molecule has 0 saturated carbocycles. The minimum Gasteiger partial charge on any atom is -0.382 e. The number of carbonyl (C=O) groups is 1.